The first-order valence-electron chi connectivity index (χ1n) is 6.18. The summed E-state index contributed by atoms with van der Waals surface area (Å²) in [5, 5.41) is 0. The topological polar surface area (TPSA) is 55.7 Å². The first-order chi connectivity index (χ1) is 8.22. The molecule has 0 aromatic carbocycles. The normalized spacial score (nSPS) is 27.2. The average Bonchev–Trinajstić information content (AvgIpc) is 3.08. The molecule has 4 nitrogen and oxygen atoms in total. The van der Waals surface area contributed by atoms with E-state index in [1.165, 1.54) is 0 Å². The van der Waals surface area contributed by atoms with Crippen molar-refractivity contribution in [2.24, 2.45) is 10.9 Å². The van der Waals surface area contributed by atoms with E-state index in [-0.39, 0.29) is 11.4 Å². The van der Waals surface area contributed by atoms with Gasteiger partial charge in [-0.1, -0.05) is 0 Å². The van der Waals surface area contributed by atoms with Crippen LogP contribution in [-0.4, -0.2) is 30.6 Å². The van der Waals surface area contributed by atoms with Gasteiger partial charge in [-0.05, 0) is 32.3 Å². The van der Waals surface area contributed by atoms with Crippen LogP contribution in [-0.2, 0) is 14.3 Å². The Bertz CT molecular complexity index is 391. The van der Waals surface area contributed by atoms with Crippen LogP contribution in [0.15, 0.2) is 16.6 Å². The van der Waals surface area contributed by atoms with Crippen LogP contribution in [0.5, 0.6) is 0 Å². The summed E-state index contributed by atoms with van der Waals surface area (Å²) < 4.78 is 4.91. The highest BCUT2D eigenvalue weighted by Gasteiger charge is 2.29. The van der Waals surface area contributed by atoms with Gasteiger partial charge in [-0.15, -0.1) is 0 Å². The largest absolute Gasteiger partial charge is 0.462 e. The van der Waals surface area contributed by atoms with E-state index in [2.05, 4.69) is 4.99 Å². The second-order valence-electron chi connectivity index (χ2n) is 4.39. The van der Waals surface area contributed by atoms with Crippen LogP contribution in [0.1, 0.15) is 32.6 Å². The Labute approximate surface area is 101 Å². The molecule has 0 unspecified atom stereocenters. The van der Waals surface area contributed by atoms with Crippen molar-refractivity contribution in [3.8, 4) is 0 Å². The van der Waals surface area contributed by atoms with Gasteiger partial charge in [-0.2, -0.15) is 0 Å². The highest BCUT2D eigenvalue weighted by molar-refractivity contribution is 6.21. The van der Waals surface area contributed by atoms with Gasteiger partial charge >= 0.3 is 5.97 Å². The molecule has 92 valence electrons. The molecule has 0 amide bonds. The van der Waals surface area contributed by atoms with Gasteiger partial charge < -0.3 is 4.74 Å². The molecule has 0 N–H and O–H groups in total. The molecule has 2 aliphatic rings. The number of Topliss-reactive ketones (excluding diaryl/α,β-unsaturated/α-hetero) is 1. The molecule has 1 fully saturated rings. The maximum Gasteiger partial charge on any atom is 0.341 e. The summed E-state index contributed by atoms with van der Waals surface area (Å²) in [6.07, 6.45) is 4.97. The van der Waals surface area contributed by atoms with Crippen LogP contribution in [0.25, 0.3) is 0 Å². The first kappa shape index (κ1) is 12.0. The van der Waals surface area contributed by atoms with E-state index < -0.39 is 5.97 Å². The standard InChI is InChI=1S/C13H17NO3/c1-2-17-13(16)10-8-11(9-5-6-9)14-7-3-4-12(10)15/h8-9H,2-7H2,1H3/b10-8+,14-11+. The molecule has 0 bridgehead atoms. The van der Waals surface area contributed by atoms with Crippen molar-refractivity contribution in [1.29, 1.82) is 0 Å². The second-order valence-corrected chi connectivity index (χ2v) is 4.39. The van der Waals surface area contributed by atoms with E-state index in [1.54, 1.807) is 13.0 Å². The van der Waals surface area contributed by atoms with Gasteiger partial charge in [-0.25, -0.2) is 4.79 Å². The Balaban J connectivity index is 2.24. The molecule has 0 radical (unpaired) electrons. The SMILES string of the molecule is CCOC(=O)/C1=C/C(C2CC2)=N\CCCC1=O. The van der Waals surface area contributed by atoms with Crippen molar-refractivity contribution in [3.63, 3.8) is 0 Å². The summed E-state index contributed by atoms with van der Waals surface area (Å²) in [5.41, 5.74) is 1.08. The number of nitrogens with zero attached hydrogens (tertiary/aromatic N) is 1. The highest BCUT2D eigenvalue weighted by atomic mass is 16.5. The molecule has 17 heavy (non-hydrogen) atoms. The summed E-state index contributed by atoms with van der Waals surface area (Å²) in [6, 6.07) is 0. The number of allylic oxidation sites excluding steroid dienone is 1. The van der Waals surface area contributed by atoms with Gasteiger partial charge in [0.25, 0.3) is 0 Å². The van der Waals surface area contributed by atoms with Crippen LogP contribution in [0.2, 0.25) is 0 Å². The average molecular weight is 235 g/mol. The molecule has 0 aromatic rings. The van der Waals surface area contributed by atoms with Crippen LogP contribution >= 0.6 is 0 Å². The monoisotopic (exact) mass is 235 g/mol. The van der Waals surface area contributed by atoms with Crippen molar-refractivity contribution in [3.05, 3.63) is 11.6 Å². The number of ketones is 1. The Morgan fingerprint density at radius 1 is 1.53 bits per heavy atom. The molecule has 0 spiro atoms. The quantitative estimate of drug-likeness (QED) is 0.552. The highest BCUT2D eigenvalue weighted by Crippen LogP contribution is 2.32. The minimum Gasteiger partial charge on any atom is -0.462 e. The van der Waals surface area contributed by atoms with Gasteiger partial charge in [-0.3, -0.25) is 9.79 Å². The number of hydrogen-bond donors (Lipinski definition) is 0. The molecule has 2 rings (SSSR count). The minimum atomic E-state index is -0.507. The number of carbonyl (C=O) groups is 2. The lowest BCUT2D eigenvalue weighted by atomic mass is 10.0. The summed E-state index contributed by atoms with van der Waals surface area (Å²) in [4.78, 5) is 28.0. The van der Waals surface area contributed by atoms with Crippen LogP contribution in [0, 0.1) is 5.92 Å². The fraction of sp³-hybridized carbons (Fsp3) is 0.615. The lowest BCUT2D eigenvalue weighted by molar-refractivity contribution is -0.140. The summed E-state index contributed by atoms with van der Waals surface area (Å²) in [7, 11) is 0. The van der Waals surface area contributed by atoms with Gasteiger partial charge in [0, 0.05) is 24.6 Å². The molecular weight excluding hydrogens is 218 g/mol. The molecule has 1 heterocycles. The van der Waals surface area contributed by atoms with Crippen molar-refractivity contribution in [1.82, 2.24) is 0 Å². The van der Waals surface area contributed by atoms with E-state index in [4.69, 9.17) is 4.74 Å². The number of hydrogen-bond acceptors (Lipinski definition) is 4. The zero-order valence-electron chi connectivity index (χ0n) is 10.1. The fourth-order valence-electron chi connectivity index (χ4n) is 1.86. The van der Waals surface area contributed by atoms with E-state index in [0.29, 0.717) is 31.9 Å². The van der Waals surface area contributed by atoms with Crippen molar-refractivity contribution < 1.29 is 14.3 Å². The smallest absolute Gasteiger partial charge is 0.341 e. The first-order valence-corrected chi connectivity index (χ1v) is 6.18. The van der Waals surface area contributed by atoms with Crippen molar-refractivity contribution >= 4 is 17.5 Å². The zero-order valence-corrected chi connectivity index (χ0v) is 10.1. The number of ether oxygens (including phenoxy) is 1. The molecular formula is C13H17NO3. The number of esters is 1. The third kappa shape index (κ3) is 3.02. The lowest BCUT2D eigenvalue weighted by Crippen LogP contribution is -2.19. The van der Waals surface area contributed by atoms with Crippen LogP contribution < -0.4 is 0 Å². The number of carbonyl (C=O) groups excluding carboxylic acids is 2. The minimum absolute atomic E-state index is 0.114. The predicted octanol–water partition coefficient (Wildman–Crippen LogP) is 1.69. The zero-order chi connectivity index (χ0) is 12.3. The third-order valence-corrected chi connectivity index (χ3v) is 2.94. The Kier molecular flexibility index (Phi) is 3.71. The maximum atomic E-state index is 11.8. The van der Waals surface area contributed by atoms with Gasteiger partial charge in [0.1, 0.15) is 5.57 Å². The maximum absolute atomic E-state index is 11.8. The van der Waals surface area contributed by atoms with E-state index in [1.807, 2.05) is 0 Å². The summed E-state index contributed by atoms with van der Waals surface area (Å²) in [5.74, 6) is -0.172. The summed E-state index contributed by atoms with van der Waals surface area (Å²) in [6.45, 7) is 2.71. The van der Waals surface area contributed by atoms with Gasteiger partial charge in [0.05, 0.1) is 6.61 Å². The molecule has 1 aliphatic carbocycles. The molecule has 1 aliphatic heterocycles. The Morgan fingerprint density at radius 3 is 2.94 bits per heavy atom. The molecule has 4 heteroatoms. The number of rotatable bonds is 3. The van der Waals surface area contributed by atoms with E-state index >= 15 is 0 Å². The van der Waals surface area contributed by atoms with Gasteiger partial charge in [0.2, 0.25) is 0 Å². The molecule has 0 saturated heterocycles. The molecule has 1 saturated carbocycles. The summed E-state index contributed by atoms with van der Waals surface area (Å²) >= 11 is 0. The Hall–Kier alpha value is -1.45. The van der Waals surface area contributed by atoms with E-state index in [9.17, 15) is 9.59 Å². The predicted molar refractivity (Wildman–Crippen MR) is 64.0 cm³/mol. The van der Waals surface area contributed by atoms with Crippen LogP contribution in [0.4, 0.5) is 0 Å². The van der Waals surface area contributed by atoms with E-state index in [0.717, 1.165) is 18.6 Å². The van der Waals surface area contributed by atoms with Gasteiger partial charge in [0.15, 0.2) is 5.78 Å². The molecule has 0 aromatic heterocycles. The van der Waals surface area contributed by atoms with Crippen molar-refractivity contribution in [2.45, 2.75) is 32.6 Å². The third-order valence-electron chi connectivity index (χ3n) is 2.94. The fourth-order valence-corrected chi connectivity index (χ4v) is 1.86. The second kappa shape index (κ2) is 5.25. The lowest BCUT2D eigenvalue weighted by Gasteiger charge is -2.10. The van der Waals surface area contributed by atoms with Crippen molar-refractivity contribution in [2.75, 3.05) is 13.2 Å². The molecule has 0 atom stereocenters. The Morgan fingerprint density at radius 2 is 2.29 bits per heavy atom. The number of aliphatic imine (C=N–C) groups is 1. The van der Waals surface area contributed by atoms with Crippen LogP contribution in [0.3, 0.4) is 0 Å².